The van der Waals surface area contributed by atoms with Crippen LogP contribution in [0.25, 0.3) is 0 Å². The van der Waals surface area contributed by atoms with Crippen LogP contribution >= 0.6 is 0 Å². The average molecular weight is 136 g/mol. The Morgan fingerprint density at radius 1 is 1.40 bits per heavy atom. The van der Waals surface area contributed by atoms with Crippen molar-refractivity contribution in [1.29, 1.82) is 0 Å². The van der Waals surface area contributed by atoms with E-state index in [1.54, 1.807) is 0 Å². The van der Waals surface area contributed by atoms with E-state index < -0.39 is 0 Å². The molecule has 1 aliphatic heterocycles. The fraction of sp³-hybridized carbons (Fsp3) is 0.500. The zero-order valence-corrected chi connectivity index (χ0v) is 5.98. The second-order valence-corrected chi connectivity index (χ2v) is 2.76. The fourth-order valence-electron chi connectivity index (χ4n) is 1.45. The molecule has 0 bridgehead atoms. The van der Waals surface area contributed by atoms with Crippen molar-refractivity contribution < 1.29 is 0 Å². The number of rotatable bonds is 0. The molecule has 1 aromatic rings. The van der Waals surface area contributed by atoms with Crippen molar-refractivity contribution in [1.82, 2.24) is 10.3 Å². The second-order valence-electron chi connectivity index (χ2n) is 2.76. The van der Waals surface area contributed by atoms with Crippen LogP contribution in [-0.4, -0.2) is 11.5 Å². The molecule has 1 aromatic heterocycles. The molecule has 2 N–H and O–H groups in total. The minimum Gasteiger partial charge on any atom is -0.365 e. The van der Waals surface area contributed by atoms with E-state index in [1.807, 2.05) is 6.20 Å². The Bertz CT molecular complexity index is 194. The summed E-state index contributed by atoms with van der Waals surface area (Å²) in [5, 5.41) is 3.37. The zero-order chi connectivity index (χ0) is 6.81. The molecule has 1 aliphatic rings. The lowest BCUT2D eigenvalue weighted by Crippen LogP contribution is -2.11. The summed E-state index contributed by atoms with van der Waals surface area (Å²) >= 11 is 0. The number of aromatic amines is 1. The number of fused-ring (bicyclic) bond motifs is 1. The van der Waals surface area contributed by atoms with Crippen LogP contribution in [0.2, 0.25) is 0 Å². The number of aryl methyl sites for hydroxylation is 1. The van der Waals surface area contributed by atoms with Gasteiger partial charge in [-0.2, -0.15) is 0 Å². The van der Waals surface area contributed by atoms with E-state index in [2.05, 4.69) is 16.4 Å². The van der Waals surface area contributed by atoms with Gasteiger partial charge in [-0.1, -0.05) is 0 Å². The molecule has 2 heterocycles. The molecule has 2 rings (SSSR count). The fourth-order valence-corrected chi connectivity index (χ4v) is 1.45. The molecular weight excluding hydrogens is 124 g/mol. The molecular formula is C8H12N2. The highest BCUT2D eigenvalue weighted by molar-refractivity contribution is 5.21. The predicted octanol–water partition coefficient (Wildman–Crippen LogP) is 1.05. The van der Waals surface area contributed by atoms with Crippen LogP contribution in [0.3, 0.4) is 0 Å². The molecule has 0 radical (unpaired) electrons. The van der Waals surface area contributed by atoms with Crippen molar-refractivity contribution in [2.24, 2.45) is 0 Å². The first-order chi connectivity index (χ1) is 4.97. The molecule has 2 heteroatoms. The zero-order valence-electron chi connectivity index (χ0n) is 5.98. The summed E-state index contributed by atoms with van der Waals surface area (Å²) in [4.78, 5) is 3.26. The maximum atomic E-state index is 3.37. The van der Waals surface area contributed by atoms with Gasteiger partial charge in [0.05, 0.1) is 0 Å². The summed E-state index contributed by atoms with van der Waals surface area (Å²) < 4.78 is 0. The van der Waals surface area contributed by atoms with Gasteiger partial charge in [0.15, 0.2) is 0 Å². The van der Waals surface area contributed by atoms with Gasteiger partial charge in [0.1, 0.15) is 0 Å². The molecule has 0 aromatic carbocycles. The number of hydrogen-bond acceptors (Lipinski definition) is 1. The molecule has 0 saturated carbocycles. The third-order valence-electron chi connectivity index (χ3n) is 2.03. The molecule has 0 unspecified atom stereocenters. The summed E-state index contributed by atoms with van der Waals surface area (Å²) in [6.45, 7) is 2.20. The molecule has 0 amide bonds. The SMILES string of the molecule is c1cc2c([nH]1)CCCNC2. The summed E-state index contributed by atoms with van der Waals surface area (Å²) in [6, 6.07) is 2.16. The highest BCUT2D eigenvalue weighted by Gasteiger charge is 2.05. The number of H-pyrrole nitrogens is 1. The normalized spacial score (nSPS) is 18.0. The van der Waals surface area contributed by atoms with Gasteiger partial charge >= 0.3 is 0 Å². The second kappa shape index (κ2) is 2.46. The van der Waals surface area contributed by atoms with Crippen LogP contribution in [0.1, 0.15) is 17.7 Å². The first-order valence-electron chi connectivity index (χ1n) is 3.82. The molecule has 54 valence electrons. The van der Waals surface area contributed by atoms with Crippen LogP contribution < -0.4 is 5.32 Å². The number of aromatic nitrogens is 1. The molecule has 0 aliphatic carbocycles. The molecule has 0 spiro atoms. The summed E-state index contributed by atoms with van der Waals surface area (Å²) in [5.41, 5.74) is 2.86. The van der Waals surface area contributed by atoms with Gasteiger partial charge in [0, 0.05) is 18.4 Å². The molecule has 0 atom stereocenters. The third-order valence-corrected chi connectivity index (χ3v) is 2.03. The molecule has 0 fully saturated rings. The monoisotopic (exact) mass is 136 g/mol. The lowest BCUT2D eigenvalue weighted by Gasteiger charge is -1.95. The van der Waals surface area contributed by atoms with E-state index >= 15 is 0 Å². The van der Waals surface area contributed by atoms with Crippen LogP contribution in [0.5, 0.6) is 0 Å². The van der Waals surface area contributed by atoms with E-state index in [-0.39, 0.29) is 0 Å². The molecule has 10 heavy (non-hydrogen) atoms. The van der Waals surface area contributed by atoms with Crippen molar-refractivity contribution in [2.45, 2.75) is 19.4 Å². The van der Waals surface area contributed by atoms with Crippen LogP contribution in [0.4, 0.5) is 0 Å². The number of hydrogen-bond donors (Lipinski definition) is 2. The number of nitrogens with one attached hydrogen (secondary N) is 2. The van der Waals surface area contributed by atoms with Gasteiger partial charge in [-0.15, -0.1) is 0 Å². The highest BCUT2D eigenvalue weighted by atomic mass is 14.9. The van der Waals surface area contributed by atoms with Crippen molar-refractivity contribution in [3.63, 3.8) is 0 Å². The Morgan fingerprint density at radius 3 is 3.40 bits per heavy atom. The van der Waals surface area contributed by atoms with E-state index in [0.29, 0.717) is 0 Å². The van der Waals surface area contributed by atoms with Gasteiger partial charge in [-0.05, 0) is 31.0 Å². The first-order valence-corrected chi connectivity index (χ1v) is 3.82. The standard InChI is InChI=1S/C8H12N2/c1-2-8-7(3-5-10-8)6-9-4-1/h3,5,9-10H,1-2,4,6H2. The Morgan fingerprint density at radius 2 is 2.40 bits per heavy atom. The van der Waals surface area contributed by atoms with E-state index in [1.165, 1.54) is 24.1 Å². The van der Waals surface area contributed by atoms with Crippen LogP contribution in [0.15, 0.2) is 12.3 Å². The Kier molecular flexibility index (Phi) is 1.47. The van der Waals surface area contributed by atoms with Crippen molar-refractivity contribution in [2.75, 3.05) is 6.54 Å². The summed E-state index contributed by atoms with van der Waals surface area (Å²) in [6.07, 6.45) is 4.49. The lowest BCUT2D eigenvalue weighted by molar-refractivity contribution is 0.678. The van der Waals surface area contributed by atoms with Crippen molar-refractivity contribution in [3.05, 3.63) is 23.5 Å². The largest absolute Gasteiger partial charge is 0.365 e. The lowest BCUT2D eigenvalue weighted by atomic mass is 10.2. The van der Waals surface area contributed by atoms with Gasteiger partial charge in [0.25, 0.3) is 0 Å². The first kappa shape index (κ1) is 5.98. The average Bonchev–Trinajstić information content (AvgIpc) is 2.28. The Hall–Kier alpha value is -0.760. The Labute approximate surface area is 60.6 Å². The topological polar surface area (TPSA) is 27.8 Å². The van der Waals surface area contributed by atoms with Gasteiger partial charge in [-0.25, -0.2) is 0 Å². The maximum Gasteiger partial charge on any atom is 0.0223 e. The summed E-state index contributed by atoms with van der Waals surface area (Å²) in [7, 11) is 0. The minimum absolute atomic E-state index is 1.04. The predicted molar refractivity (Wildman–Crippen MR) is 40.8 cm³/mol. The quantitative estimate of drug-likeness (QED) is 0.548. The van der Waals surface area contributed by atoms with E-state index in [0.717, 1.165) is 13.1 Å². The Balaban J connectivity index is 2.28. The van der Waals surface area contributed by atoms with Crippen molar-refractivity contribution >= 4 is 0 Å². The molecule has 0 saturated heterocycles. The van der Waals surface area contributed by atoms with Crippen LogP contribution in [0, 0.1) is 0 Å². The van der Waals surface area contributed by atoms with Gasteiger partial charge in [0.2, 0.25) is 0 Å². The van der Waals surface area contributed by atoms with Crippen LogP contribution in [-0.2, 0) is 13.0 Å². The highest BCUT2D eigenvalue weighted by Crippen LogP contribution is 2.10. The maximum absolute atomic E-state index is 3.37. The minimum atomic E-state index is 1.04. The van der Waals surface area contributed by atoms with E-state index in [4.69, 9.17) is 0 Å². The smallest absolute Gasteiger partial charge is 0.0223 e. The van der Waals surface area contributed by atoms with Gasteiger partial charge in [-0.3, -0.25) is 0 Å². The van der Waals surface area contributed by atoms with E-state index in [9.17, 15) is 0 Å². The van der Waals surface area contributed by atoms with Crippen molar-refractivity contribution in [3.8, 4) is 0 Å². The molecule has 2 nitrogen and oxygen atoms in total. The third kappa shape index (κ3) is 0.948. The van der Waals surface area contributed by atoms with Gasteiger partial charge < -0.3 is 10.3 Å². The summed E-state index contributed by atoms with van der Waals surface area (Å²) in [5.74, 6) is 0.